The summed E-state index contributed by atoms with van der Waals surface area (Å²) in [7, 11) is 3.21. The van der Waals surface area contributed by atoms with Crippen molar-refractivity contribution in [3.05, 3.63) is 23.3 Å². The molecular formula is C14H21NO4. The van der Waals surface area contributed by atoms with Gasteiger partial charge in [0.25, 0.3) is 0 Å². The Bertz CT molecular complexity index is 432. The van der Waals surface area contributed by atoms with Crippen molar-refractivity contribution in [2.45, 2.75) is 26.3 Å². The van der Waals surface area contributed by atoms with Crippen LogP contribution in [0, 0.1) is 6.92 Å². The lowest BCUT2D eigenvalue weighted by Crippen LogP contribution is -2.23. The number of amides is 1. The Morgan fingerprint density at radius 1 is 1.32 bits per heavy atom. The molecule has 0 saturated heterocycles. The average Bonchev–Trinajstić information content (AvgIpc) is 2.42. The van der Waals surface area contributed by atoms with E-state index in [1.54, 1.807) is 14.2 Å². The van der Waals surface area contributed by atoms with E-state index in [0.717, 1.165) is 22.6 Å². The number of hydrogen-bond acceptors (Lipinski definition) is 4. The molecule has 0 heterocycles. The summed E-state index contributed by atoms with van der Waals surface area (Å²) in [5.41, 5.74) is 1.81. The van der Waals surface area contributed by atoms with E-state index in [2.05, 4.69) is 5.32 Å². The Hall–Kier alpha value is -1.75. The van der Waals surface area contributed by atoms with E-state index in [-0.39, 0.29) is 12.5 Å². The van der Waals surface area contributed by atoms with Crippen molar-refractivity contribution in [1.29, 1.82) is 0 Å². The fourth-order valence-corrected chi connectivity index (χ4v) is 1.90. The second-order valence-electron chi connectivity index (χ2n) is 4.19. The first kappa shape index (κ1) is 15.3. The molecule has 0 aliphatic rings. The predicted molar refractivity (Wildman–Crippen MR) is 72.4 cm³/mol. The second-order valence-corrected chi connectivity index (χ2v) is 4.19. The Morgan fingerprint density at radius 2 is 2.05 bits per heavy atom. The number of methoxy groups -OCH3 is 2. The van der Waals surface area contributed by atoms with Crippen molar-refractivity contribution < 1.29 is 19.4 Å². The molecule has 0 bridgehead atoms. The third-order valence-electron chi connectivity index (χ3n) is 2.90. The van der Waals surface area contributed by atoms with Crippen molar-refractivity contribution in [1.82, 2.24) is 5.32 Å². The lowest BCUT2D eigenvalue weighted by molar-refractivity contribution is -0.121. The maximum absolute atomic E-state index is 11.5. The summed E-state index contributed by atoms with van der Waals surface area (Å²) in [6.07, 6.45) is 0.804. The summed E-state index contributed by atoms with van der Waals surface area (Å²) in [4.78, 5) is 11.5. The number of carbonyl (C=O) groups is 1. The molecule has 2 N–H and O–H groups in total. The maximum Gasteiger partial charge on any atom is 0.220 e. The quantitative estimate of drug-likeness (QED) is 0.783. The molecule has 5 nitrogen and oxygen atoms in total. The highest BCUT2D eigenvalue weighted by atomic mass is 16.5. The van der Waals surface area contributed by atoms with E-state index in [1.165, 1.54) is 0 Å². The maximum atomic E-state index is 11.5. The van der Waals surface area contributed by atoms with Crippen molar-refractivity contribution in [2.75, 3.05) is 20.8 Å². The van der Waals surface area contributed by atoms with Gasteiger partial charge >= 0.3 is 0 Å². The number of benzene rings is 1. The van der Waals surface area contributed by atoms with Crippen LogP contribution in [0.15, 0.2) is 12.1 Å². The molecule has 106 valence electrons. The van der Waals surface area contributed by atoms with E-state index in [4.69, 9.17) is 14.6 Å². The first-order valence-corrected chi connectivity index (χ1v) is 6.22. The highest BCUT2D eigenvalue weighted by Gasteiger charge is 2.11. The van der Waals surface area contributed by atoms with Crippen LogP contribution in [0.4, 0.5) is 0 Å². The Balaban J connectivity index is 2.73. The molecule has 0 saturated carbocycles. The Kier molecular flexibility index (Phi) is 6.15. The van der Waals surface area contributed by atoms with Crippen molar-refractivity contribution >= 4 is 5.91 Å². The molecule has 0 unspecified atom stereocenters. The molecule has 19 heavy (non-hydrogen) atoms. The van der Waals surface area contributed by atoms with Crippen LogP contribution in [0.2, 0.25) is 0 Å². The minimum absolute atomic E-state index is 0.0262. The van der Waals surface area contributed by atoms with Crippen LogP contribution >= 0.6 is 0 Å². The number of aliphatic hydroxyl groups is 1. The number of ether oxygens (including phenoxy) is 2. The zero-order chi connectivity index (χ0) is 14.3. The Labute approximate surface area is 113 Å². The molecule has 0 spiro atoms. The van der Waals surface area contributed by atoms with Gasteiger partial charge in [0, 0.05) is 30.7 Å². The molecule has 1 rings (SSSR count). The highest BCUT2D eigenvalue weighted by molar-refractivity contribution is 5.76. The van der Waals surface area contributed by atoms with Gasteiger partial charge < -0.3 is 19.9 Å². The van der Waals surface area contributed by atoms with Crippen LogP contribution in [0.3, 0.4) is 0 Å². The minimum Gasteiger partial charge on any atom is -0.496 e. The van der Waals surface area contributed by atoms with E-state index in [1.807, 2.05) is 19.1 Å². The number of aliphatic hydroxyl groups excluding tert-OH is 1. The summed E-state index contributed by atoms with van der Waals surface area (Å²) >= 11 is 0. The van der Waals surface area contributed by atoms with E-state index < -0.39 is 0 Å². The summed E-state index contributed by atoms with van der Waals surface area (Å²) in [6.45, 7) is 2.34. The van der Waals surface area contributed by atoms with Crippen LogP contribution in [-0.4, -0.2) is 31.8 Å². The van der Waals surface area contributed by atoms with E-state index >= 15 is 0 Å². The summed E-state index contributed by atoms with van der Waals surface area (Å²) in [5.74, 6) is 1.40. The molecule has 1 aromatic rings. The van der Waals surface area contributed by atoms with Gasteiger partial charge in [0.2, 0.25) is 5.91 Å². The largest absolute Gasteiger partial charge is 0.496 e. The van der Waals surface area contributed by atoms with Crippen molar-refractivity contribution in [3.63, 3.8) is 0 Å². The first-order valence-electron chi connectivity index (χ1n) is 6.22. The molecule has 0 atom stereocenters. The lowest BCUT2D eigenvalue weighted by Gasteiger charge is -2.15. The molecule has 0 radical (unpaired) electrons. The molecule has 0 aliphatic heterocycles. The van der Waals surface area contributed by atoms with E-state index in [0.29, 0.717) is 19.4 Å². The van der Waals surface area contributed by atoms with Crippen LogP contribution in [0.1, 0.15) is 24.0 Å². The van der Waals surface area contributed by atoms with Gasteiger partial charge in [0.05, 0.1) is 14.2 Å². The highest BCUT2D eigenvalue weighted by Crippen LogP contribution is 2.31. The van der Waals surface area contributed by atoms with Crippen LogP contribution in [0.5, 0.6) is 11.5 Å². The topological polar surface area (TPSA) is 67.8 Å². The fraction of sp³-hybridized carbons (Fsp3) is 0.500. The SMILES string of the molecule is COc1ccc(CNC(=O)CCCO)c(OC)c1C. The molecule has 1 aromatic carbocycles. The first-order chi connectivity index (χ1) is 9.13. The Morgan fingerprint density at radius 3 is 2.63 bits per heavy atom. The van der Waals surface area contributed by atoms with Crippen LogP contribution < -0.4 is 14.8 Å². The van der Waals surface area contributed by atoms with Gasteiger partial charge in [-0.15, -0.1) is 0 Å². The third kappa shape index (κ3) is 4.13. The molecule has 0 fully saturated rings. The van der Waals surface area contributed by atoms with Gasteiger partial charge in [-0.2, -0.15) is 0 Å². The number of carbonyl (C=O) groups excluding carboxylic acids is 1. The van der Waals surface area contributed by atoms with Gasteiger partial charge in [-0.05, 0) is 25.5 Å². The number of rotatable bonds is 7. The molecule has 5 heteroatoms. The molecular weight excluding hydrogens is 246 g/mol. The zero-order valence-corrected chi connectivity index (χ0v) is 11.7. The van der Waals surface area contributed by atoms with Gasteiger partial charge in [-0.3, -0.25) is 4.79 Å². The molecule has 1 amide bonds. The van der Waals surface area contributed by atoms with Crippen molar-refractivity contribution in [2.24, 2.45) is 0 Å². The monoisotopic (exact) mass is 267 g/mol. The van der Waals surface area contributed by atoms with Gasteiger partial charge in [-0.1, -0.05) is 0 Å². The predicted octanol–water partition coefficient (Wildman–Crippen LogP) is 1.40. The minimum atomic E-state index is -0.0791. The lowest BCUT2D eigenvalue weighted by atomic mass is 10.1. The summed E-state index contributed by atoms with van der Waals surface area (Å²) in [6, 6.07) is 3.73. The van der Waals surface area contributed by atoms with Crippen molar-refractivity contribution in [3.8, 4) is 11.5 Å². The average molecular weight is 267 g/mol. The van der Waals surface area contributed by atoms with Crippen LogP contribution in [0.25, 0.3) is 0 Å². The fourth-order valence-electron chi connectivity index (χ4n) is 1.90. The molecule has 0 aliphatic carbocycles. The van der Waals surface area contributed by atoms with Crippen LogP contribution in [-0.2, 0) is 11.3 Å². The van der Waals surface area contributed by atoms with Gasteiger partial charge in [-0.25, -0.2) is 0 Å². The standard InChI is InChI=1S/C14H21NO4/c1-10-12(18-2)7-6-11(14(10)19-3)9-15-13(17)5-4-8-16/h6-7,16H,4-5,8-9H2,1-3H3,(H,15,17). The van der Waals surface area contributed by atoms with E-state index in [9.17, 15) is 4.79 Å². The molecule has 0 aromatic heterocycles. The van der Waals surface area contributed by atoms with Gasteiger partial charge in [0.15, 0.2) is 0 Å². The smallest absolute Gasteiger partial charge is 0.220 e. The number of nitrogens with one attached hydrogen (secondary N) is 1. The zero-order valence-electron chi connectivity index (χ0n) is 11.7. The summed E-state index contributed by atoms with van der Waals surface area (Å²) < 4.78 is 10.6. The summed E-state index contributed by atoms with van der Waals surface area (Å²) in [5, 5.41) is 11.5. The second kappa shape index (κ2) is 7.63. The normalized spacial score (nSPS) is 10.1. The third-order valence-corrected chi connectivity index (χ3v) is 2.90. The van der Waals surface area contributed by atoms with Gasteiger partial charge in [0.1, 0.15) is 11.5 Å². The number of hydrogen-bond donors (Lipinski definition) is 2.